The molecule has 0 bridgehead atoms. The molecule has 32 heavy (non-hydrogen) atoms. The second-order valence-corrected chi connectivity index (χ2v) is 9.18. The number of nitrogen functional groups attached to an aromatic ring is 1. The third-order valence-electron chi connectivity index (χ3n) is 4.89. The third kappa shape index (κ3) is 4.62. The molecular formula is C23H26N6O2S. The minimum Gasteiger partial charge on any atom is -0.493 e. The van der Waals surface area contributed by atoms with Crippen molar-refractivity contribution in [2.24, 2.45) is 0 Å². The lowest BCUT2D eigenvalue weighted by atomic mass is 9.87. The molecule has 0 aliphatic carbocycles. The highest BCUT2D eigenvalue weighted by Crippen LogP contribution is 2.30. The molecule has 9 heteroatoms. The molecule has 166 valence electrons. The van der Waals surface area contributed by atoms with Gasteiger partial charge in [-0.1, -0.05) is 74.1 Å². The Kier molecular flexibility index (Phi) is 6.18. The fourth-order valence-corrected chi connectivity index (χ4v) is 3.87. The maximum Gasteiger partial charge on any atom is 0.237 e. The van der Waals surface area contributed by atoms with Gasteiger partial charge in [-0.3, -0.25) is 0 Å². The first-order valence-electron chi connectivity index (χ1n) is 10.4. The number of hydrogen-bond acceptors (Lipinski definition) is 8. The van der Waals surface area contributed by atoms with Gasteiger partial charge in [0.2, 0.25) is 16.9 Å². The van der Waals surface area contributed by atoms with E-state index < -0.39 is 0 Å². The molecule has 0 spiro atoms. The Bertz CT molecular complexity index is 1190. The van der Waals surface area contributed by atoms with E-state index in [1.807, 2.05) is 43.3 Å². The molecule has 0 unspecified atom stereocenters. The number of para-hydroxylation sites is 1. The summed E-state index contributed by atoms with van der Waals surface area (Å²) in [5.74, 6) is 8.95. The quantitative estimate of drug-likeness (QED) is 0.319. The summed E-state index contributed by atoms with van der Waals surface area (Å²) in [4.78, 5) is 4.49. The summed E-state index contributed by atoms with van der Waals surface area (Å²) in [5, 5.41) is 13.1. The summed E-state index contributed by atoms with van der Waals surface area (Å²) in [6.07, 6.45) is 0. The summed E-state index contributed by atoms with van der Waals surface area (Å²) in [7, 11) is 0. The highest BCUT2D eigenvalue weighted by molar-refractivity contribution is 7.98. The summed E-state index contributed by atoms with van der Waals surface area (Å²) >= 11 is 1.38. The van der Waals surface area contributed by atoms with E-state index in [4.69, 9.17) is 15.1 Å². The van der Waals surface area contributed by atoms with Crippen LogP contribution in [-0.4, -0.2) is 31.6 Å². The first-order chi connectivity index (χ1) is 15.4. The van der Waals surface area contributed by atoms with Crippen molar-refractivity contribution < 1.29 is 9.26 Å². The van der Waals surface area contributed by atoms with Gasteiger partial charge in [-0.2, -0.15) is 4.98 Å². The zero-order valence-electron chi connectivity index (χ0n) is 18.6. The number of ether oxygens (including phenoxy) is 1. The molecule has 0 saturated carbocycles. The number of aromatic nitrogens is 5. The zero-order chi connectivity index (χ0) is 22.7. The van der Waals surface area contributed by atoms with Crippen molar-refractivity contribution in [2.75, 3.05) is 12.4 Å². The maximum absolute atomic E-state index is 6.26. The van der Waals surface area contributed by atoms with Crippen LogP contribution in [0.5, 0.6) is 5.75 Å². The highest BCUT2D eigenvalue weighted by Gasteiger charge is 2.18. The van der Waals surface area contributed by atoms with Crippen LogP contribution in [-0.2, 0) is 11.2 Å². The second-order valence-electron chi connectivity index (χ2n) is 8.23. The zero-order valence-corrected chi connectivity index (χ0v) is 19.4. The molecule has 2 aromatic heterocycles. The monoisotopic (exact) mass is 450 g/mol. The Balaban J connectivity index is 1.46. The van der Waals surface area contributed by atoms with Crippen molar-refractivity contribution in [3.63, 3.8) is 0 Å². The Morgan fingerprint density at radius 3 is 2.53 bits per heavy atom. The number of benzene rings is 2. The van der Waals surface area contributed by atoms with Gasteiger partial charge in [0.05, 0.1) is 17.9 Å². The van der Waals surface area contributed by atoms with Crippen LogP contribution in [0.15, 0.2) is 58.2 Å². The molecule has 0 aliphatic rings. The molecule has 0 radical (unpaired) electrons. The predicted octanol–water partition coefficient (Wildman–Crippen LogP) is 4.70. The molecule has 0 aliphatic heterocycles. The van der Waals surface area contributed by atoms with Crippen molar-refractivity contribution in [3.8, 4) is 28.5 Å². The van der Waals surface area contributed by atoms with E-state index in [9.17, 15) is 0 Å². The lowest BCUT2D eigenvalue weighted by molar-refractivity contribution is 0.341. The van der Waals surface area contributed by atoms with Crippen LogP contribution in [0.2, 0.25) is 0 Å². The van der Waals surface area contributed by atoms with Gasteiger partial charge in [0.15, 0.2) is 5.82 Å². The van der Waals surface area contributed by atoms with E-state index in [0.29, 0.717) is 35.1 Å². The van der Waals surface area contributed by atoms with Crippen molar-refractivity contribution in [1.29, 1.82) is 0 Å². The number of nitrogens with zero attached hydrogens (tertiary/aromatic N) is 5. The summed E-state index contributed by atoms with van der Waals surface area (Å²) in [6, 6.07) is 15.8. The molecule has 2 aromatic carbocycles. The Morgan fingerprint density at radius 2 is 1.81 bits per heavy atom. The molecule has 0 amide bonds. The highest BCUT2D eigenvalue weighted by atomic mass is 32.2. The molecule has 0 saturated heterocycles. The van der Waals surface area contributed by atoms with Crippen molar-refractivity contribution in [2.45, 2.75) is 44.0 Å². The molecule has 0 fully saturated rings. The SMILES string of the molecule is CCOc1ccccc1-c1noc(CSc2nnc(-c3ccc(C(C)(C)C)cc3)n2N)n1. The fraction of sp³-hybridized carbons (Fsp3) is 0.304. The van der Waals surface area contributed by atoms with E-state index in [2.05, 4.69) is 53.2 Å². The molecule has 0 atom stereocenters. The minimum absolute atomic E-state index is 0.0854. The molecule has 8 nitrogen and oxygen atoms in total. The summed E-state index contributed by atoms with van der Waals surface area (Å²) in [6.45, 7) is 9.04. The topological polar surface area (TPSA) is 105 Å². The van der Waals surface area contributed by atoms with Crippen LogP contribution in [0.4, 0.5) is 0 Å². The Labute approximate surface area is 191 Å². The van der Waals surface area contributed by atoms with Crippen LogP contribution in [0.3, 0.4) is 0 Å². The second kappa shape index (κ2) is 9.04. The van der Waals surface area contributed by atoms with Gasteiger partial charge >= 0.3 is 0 Å². The summed E-state index contributed by atoms with van der Waals surface area (Å²) in [5.41, 5.74) is 3.03. The van der Waals surface area contributed by atoms with E-state index in [0.717, 1.165) is 16.9 Å². The molecule has 2 N–H and O–H groups in total. The largest absolute Gasteiger partial charge is 0.493 e. The van der Waals surface area contributed by atoms with E-state index in [1.54, 1.807) is 0 Å². The van der Waals surface area contributed by atoms with E-state index >= 15 is 0 Å². The van der Waals surface area contributed by atoms with Gasteiger partial charge in [0, 0.05) is 5.56 Å². The number of hydrogen-bond donors (Lipinski definition) is 1. The molecule has 2 heterocycles. The Morgan fingerprint density at radius 1 is 1.06 bits per heavy atom. The van der Waals surface area contributed by atoms with Gasteiger partial charge in [0.25, 0.3) is 0 Å². The van der Waals surface area contributed by atoms with Gasteiger partial charge in [-0.25, -0.2) is 4.68 Å². The summed E-state index contributed by atoms with van der Waals surface area (Å²) < 4.78 is 12.6. The van der Waals surface area contributed by atoms with Gasteiger partial charge in [-0.15, -0.1) is 10.2 Å². The normalized spacial score (nSPS) is 11.6. The van der Waals surface area contributed by atoms with E-state index in [1.165, 1.54) is 22.0 Å². The van der Waals surface area contributed by atoms with Crippen LogP contribution >= 0.6 is 11.8 Å². The minimum atomic E-state index is 0.0854. The van der Waals surface area contributed by atoms with Gasteiger partial charge in [-0.05, 0) is 30.0 Å². The van der Waals surface area contributed by atoms with Gasteiger partial charge in [0.1, 0.15) is 5.75 Å². The number of thioether (sulfide) groups is 1. The van der Waals surface area contributed by atoms with Gasteiger partial charge < -0.3 is 15.1 Å². The molecule has 4 aromatic rings. The Hall–Kier alpha value is -3.33. The number of nitrogens with two attached hydrogens (primary N) is 1. The lowest BCUT2D eigenvalue weighted by Crippen LogP contribution is -2.12. The predicted molar refractivity (Wildman–Crippen MR) is 125 cm³/mol. The van der Waals surface area contributed by atoms with Crippen molar-refractivity contribution in [3.05, 3.63) is 60.0 Å². The first kappa shape index (κ1) is 21.9. The van der Waals surface area contributed by atoms with Crippen LogP contribution in [0.25, 0.3) is 22.8 Å². The first-order valence-corrected chi connectivity index (χ1v) is 11.3. The van der Waals surface area contributed by atoms with E-state index in [-0.39, 0.29) is 5.41 Å². The maximum atomic E-state index is 6.26. The smallest absolute Gasteiger partial charge is 0.237 e. The standard InChI is InChI=1S/C23H26N6O2S/c1-5-30-18-9-7-6-8-17(18)20-25-19(31-28-20)14-32-22-27-26-21(29(22)24)15-10-12-16(13-11-15)23(2,3)4/h6-13H,5,14,24H2,1-4H3. The third-order valence-corrected chi connectivity index (χ3v) is 5.82. The molecule has 4 rings (SSSR count). The van der Waals surface area contributed by atoms with Crippen molar-refractivity contribution >= 4 is 11.8 Å². The average molecular weight is 451 g/mol. The van der Waals surface area contributed by atoms with Crippen molar-refractivity contribution in [1.82, 2.24) is 25.0 Å². The molecular weight excluding hydrogens is 424 g/mol. The fourth-order valence-electron chi connectivity index (χ4n) is 3.17. The van der Waals surface area contributed by atoms with Crippen LogP contribution < -0.4 is 10.6 Å². The van der Waals surface area contributed by atoms with Crippen LogP contribution in [0, 0.1) is 0 Å². The number of rotatable bonds is 7. The average Bonchev–Trinajstić information content (AvgIpc) is 3.39. The lowest BCUT2D eigenvalue weighted by Gasteiger charge is -2.19. The van der Waals surface area contributed by atoms with Crippen LogP contribution in [0.1, 0.15) is 39.1 Å².